The summed E-state index contributed by atoms with van der Waals surface area (Å²) in [6.07, 6.45) is 3.37. The molecule has 2 aliphatic carbocycles. The van der Waals surface area contributed by atoms with E-state index in [4.69, 9.17) is 23.2 Å². The SMILES string of the molecule is O=C(CC(=O)C1CC1)c1ccc(Cl)c(Cn2nnn(C3CC3)c2=O)c1Cl. The molecule has 4 rings (SSSR count). The van der Waals surface area contributed by atoms with Gasteiger partial charge in [-0.3, -0.25) is 9.59 Å². The van der Waals surface area contributed by atoms with Crippen LogP contribution in [0.4, 0.5) is 0 Å². The summed E-state index contributed by atoms with van der Waals surface area (Å²) >= 11 is 12.6. The molecule has 0 radical (unpaired) electrons. The summed E-state index contributed by atoms with van der Waals surface area (Å²) in [5.41, 5.74) is 0.325. The van der Waals surface area contributed by atoms with Crippen LogP contribution in [0.15, 0.2) is 16.9 Å². The maximum absolute atomic E-state index is 12.4. The van der Waals surface area contributed by atoms with Crippen LogP contribution in [-0.4, -0.2) is 31.4 Å². The molecule has 0 spiro atoms. The first-order valence-electron chi connectivity index (χ1n) is 8.50. The van der Waals surface area contributed by atoms with Gasteiger partial charge < -0.3 is 0 Å². The highest BCUT2D eigenvalue weighted by Gasteiger charge is 2.32. The molecule has 2 aliphatic rings. The van der Waals surface area contributed by atoms with Crippen LogP contribution in [0, 0.1) is 5.92 Å². The molecule has 0 bridgehead atoms. The molecule has 1 heterocycles. The average molecular weight is 395 g/mol. The Morgan fingerprint density at radius 1 is 1.12 bits per heavy atom. The third-order valence-electron chi connectivity index (χ3n) is 4.72. The highest BCUT2D eigenvalue weighted by molar-refractivity contribution is 6.38. The molecule has 0 amide bonds. The van der Waals surface area contributed by atoms with Crippen molar-refractivity contribution in [3.8, 4) is 0 Å². The third-order valence-corrected chi connectivity index (χ3v) is 5.50. The summed E-state index contributed by atoms with van der Waals surface area (Å²) in [7, 11) is 0. The van der Waals surface area contributed by atoms with Crippen LogP contribution >= 0.6 is 23.2 Å². The monoisotopic (exact) mass is 394 g/mol. The number of tetrazole rings is 1. The van der Waals surface area contributed by atoms with Gasteiger partial charge in [-0.25, -0.2) is 4.79 Å². The quantitative estimate of drug-likeness (QED) is 0.532. The highest BCUT2D eigenvalue weighted by atomic mass is 35.5. The van der Waals surface area contributed by atoms with E-state index in [0.717, 1.165) is 25.7 Å². The van der Waals surface area contributed by atoms with Crippen LogP contribution in [0.1, 0.15) is 54.1 Å². The number of nitrogens with zero attached hydrogens (tertiary/aromatic N) is 4. The zero-order valence-corrected chi connectivity index (χ0v) is 15.3. The fourth-order valence-corrected chi connectivity index (χ4v) is 3.44. The van der Waals surface area contributed by atoms with Crippen molar-refractivity contribution in [1.29, 1.82) is 0 Å². The van der Waals surface area contributed by atoms with Gasteiger partial charge in [0.25, 0.3) is 0 Å². The summed E-state index contributed by atoms with van der Waals surface area (Å²) in [5.74, 6) is -0.370. The largest absolute Gasteiger partial charge is 0.364 e. The van der Waals surface area contributed by atoms with Crippen LogP contribution in [0.3, 0.4) is 0 Å². The van der Waals surface area contributed by atoms with Crippen LogP contribution in [0.25, 0.3) is 0 Å². The second kappa shape index (κ2) is 6.63. The van der Waals surface area contributed by atoms with Crippen LogP contribution in [-0.2, 0) is 11.3 Å². The number of carbonyl (C=O) groups is 2. The van der Waals surface area contributed by atoms with E-state index >= 15 is 0 Å². The van der Waals surface area contributed by atoms with Gasteiger partial charge >= 0.3 is 5.69 Å². The number of halogens is 2. The van der Waals surface area contributed by atoms with Gasteiger partial charge in [0, 0.05) is 22.1 Å². The van der Waals surface area contributed by atoms with Crippen molar-refractivity contribution in [2.24, 2.45) is 5.92 Å². The summed E-state index contributed by atoms with van der Waals surface area (Å²) in [5, 5.41) is 8.22. The molecule has 26 heavy (non-hydrogen) atoms. The number of aromatic nitrogens is 4. The maximum Gasteiger partial charge on any atom is 0.364 e. The first-order valence-corrected chi connectivity index (χ1v) is 9.26. The molecule has 0 N–H and O–H groups in total. The second-order valence-corrected chi connectivity index (χ2v) is 7.61. The smallest absolute Gasteiger partial charge is 0.299 e. The molecule has 2 saturated carbocycles. The van der Waals surface area contributed by atoms with Crippen LogP contribution in [0.5, 0.6) is 0 Å². The predicted molar refractivity (Wildman–Crippen MR) is 94.8 cm³/mol. The molecule has 0 saturated heterocycles. The van der Waals surface area contributed by atoms with Gasteiger partial charge in [0.05, 0.1) is 24.0 Å². The Morgan fingerprint density at radius 3 is 2.50 bits per heavy atom. The van der Waals surface area contributed by atoms with Crippen molar-refractivity contribution in [2.75, 3.05) is 0 Å². The molecule has 0 aliphatic heterocycles. The molecule has 7 nitrogen and oxygen atoms in total. The van der Waals surface area contributed by atoms with E-state index in [9.17, 15) is 14.4 Å². The lowest BCUT2D eigenvalue weighted by molar-refractivity contribution is -0.119. The maximum atomic E-state index is 12.4. The van der Waals surface area contributed by atoms with Crippen molar-refractivity contribution in [1.82, 2.24) is 19.8 Å². The summed E-state index contributed by atoms with van der Waals surface area (Å²) in [6, 6.07) is 3.18. The fraction of sp³-hybridized carbons (Fsp3) is 0.471. The Kier molecular flexibility index (Phi) is 4.44. The Bertz CT molecular complexity index is 957. The molecular weight excluding hydrogens is 379 g/mol. The zero-order chi connectivity index (χ0) is 18.4. The zero-order valence-electron chi connectivity index (χ0n) is 13.8. The van der Waals surface area contributed by atoms with E-state index < -0.39 is 0 Å². The second-order valence-electron chi connectivity index (χ2n) is 6.82. The van der Waals surface area contributed by atoms with E-state index in [1.807, 2.05) is 0 Å². The lowest BCUT2D eigenvalue weighted by Gasteiger charge is -2.10. The van der Waals surface area contributed by atoms with E-state index in [-0.39, 0.29) is 52.8 Å². The van der Waals surface area contributed by atoms with Crippen molar-refractivity contribution >= 4 is 34.8 Å². The summed E-state index contributed by atoms with van der Waals surface area (Å²) < 4.78 is 2.53. The van der Waals surface area contributed by atoms with Crippen molar-refractivity contribution in [3.63, 3.8) is 0 Å². The summed E-state index contributed by atoms with van der Waals surface area (Å²) in [6.45, 7) is 0.0148. The van der Waals surface area contributed by atoms with Crippen molar-refractivity contribution in [2.45, 2.75) is 44.7 Å². The van der Waals surface area contributed by atoms with Gasteiger partial charge in [-0.05, 0) is 48.2 Å². The Labute approximate surface area is 158 Å². The first kappa shape index (κ1) is 17.4. The van der Waals surface area contributed by atoms with Crippen molar-refractivity contribution in [3.05, 3.63) is 43.8 Å². The molecule has 0 atom stereocenters. The Balaban J connectivity index is 1.60. The Morgan fingerprint density at radius 2 is 1.85 bits per heavy atom. The third kappa shape index (κ3) is 3.33. The molecule has 1 aromatic carbocycles. The number of carbonyl (C=O) groups excluding carboxylic acids is 2. The molecular formula is C17H16Cl2N4O3. The van der Waals surface area contributed by atoms with Gasteiger partial charge in [0.15, 0.2) is 5.78 Å². The molecule has 2 fully saturated rings. The number of Topliss-reactive ketones (excluding diaryl/α,β-unsaturated/α-hetero) is 2. The minimum Gasteiger partial charge on any atom is -0.299 e. The number of rotatable bonds is 7. The summed E-state index contributed by atoms with van der Waals surface area (Å²) in [4.78, 5) is 36.7. The molecule has 136 valence electrons. The van der Waals surface area contributed by atoms with Gasteiger partial charge in [-0.2, -0.15) is 9.36 Å². The molecule has 2 aromatic rings. The van der Waals surface area contributed by atoms with E-state index in [2.05, 4.69) is 10.4 Å². The van der Waals surface area contributed by atoms with E-state index in [1.165, 1.54) is 15.4 Å². The number of hydrogen-bond acceptors (Lipinski definition) is 5. The Hall–Kier alpha value is -1.99. The van der Waals surface area contributed by atoms with E-state index in [1.54, 1.807) is 6.07 Å². The van der Waals surface area contributed by atoms with Gasteiger partial charge in [-0.1, -0.05) is 23.2 Å². The van der Waals surface area contributed by atoms with Gasteiger partial charge in [0.1, 0.15) is 5.78 Å². The normalized spacial score (nSPS) is 16.7. The van der Waals surface area contributed by atoms with Gasteiger partial charge in [-0.15, -0.1) is 0 Å². The van der Waals surface area contributed by atoms with Gasteiger partial charge in [0.2, 0.25) is 0 Å². The van der Waals surface area contributed by atoms with Crippen LogP contribution < -0.4 is 5.69 Å². The molecule has 1 aromatic heterocycles. The molecule has 0 unspecified atom stereocenters. The molecule has 9 heteroatoms. The number of hydrogen-bond donors (Lipinski definition) is 0. The van der Waals surface area contributed by atoms with Crippen molar-refractivity contribution < 1.29 is 9.59 Å². The minimum absolute atomic E-state index is 0.0144. The predicted octanol–water partition coefficient (Wildman–Crippen LogP) is 2.68. The topological polar surface area (TPSA) is 86.8 Å². The average Bonchev–Trinajstić information content (AvgIpc) is 3.50. The minimum atomic E-state index is -0.334. The number of ketones is 2. The first-order chi connectivity index (χ1) is 12.5. The highest BCUT2D eigenvalue weighted by Crippen LogP contribution is 2.34. The fourth-order valence-electron chi connectivity index (χ4n) is 2.84. The number of benzene rings is 1. The lowest BCUT2D eigenvalue weighted by atomic mass is 10.0. The van der Waals surface area contributed by atoms with E-state index in [0.29, 0.717) is 10.6 Å². The standard InChI is InChI=1S/C17H16Cl2N4O3/c18-13-6-5-11(15(25)7-14(24)9-1-2-9)16(19)12(13)8-22-17(26)23(21-20-22)10-3-4-10/h5-6,9-10H,1-4,7-8H2. The lowest BCUT2D eigenvalue weighted by Crippen LogP contribution is -2.25. The van der Waals surface area contributed by atoms with Crippen LogP contribution in [0.2, 0.25) is 10.0 Å².